The average molecular weight is 369 g/mol. The van der Waals surface area contributed by atoms with Crippen molar-refractivity contribution in [1.29, 1.82) is 0 Å². The van der Waals surface area contributed by atoms with Crippen molar-refractivity contribution in [2.24, 2.45) is 4.99 Å². The molecule has 1 atom stereocenters. The van der Waals surface area contributed by atoms with E-state index in [1.54, 1.807) is 13.0 Å². The van der Waals surface area contributed by atoms with Gasteiger partial charge in [-0.2, -0.15) is 8.42 Å². The molecule has 1 saturated heterocycles. The van der Waals surface area contributed by atoms with E-state index in [0.717, 1.165) is 32.1 Å². The Morgan fingerprint density at radius 3 is 2.68 bits per heavy atom. The Bertz CT molecular complexity index is 554. The van der Waals surface area contributed by atoms with Gasteiger partial charge in [0.15, 0.2) is 0 Å². The topological polar surface area (TPSA) is 59.0 Å². The van der Waals surface area contributed by atoms with Crippen LogP contribution in [0, 0.1) is 0 Å². The lowest BCUT2D eigenvalue weighted by Crippen LogP contribution is -2.43. The van der Waals surface area contributed by atoms with Crippen LogP contribution in [0.15, 0.2) is 27.8 Å². The normalized spacial score (nSPS) is 21.1. The van der Waals surface area contributed by atoms with Crippen molar-refractivity contribution in [2.75, 3.05) is 19.4 Å². The van der Waals surface area contributed by atoms with Crippen molar-refractivity contribution in [1.82, 2.24) is 4.90 Å². The first-order valence-electron chi connectivity index (χ1n) is 7.07. The molecule has 0 aromatic carbocycles. The summed E-state index contributed by atoms with van der Waals surface area (Å²) in [6.07, 6.45) is 6.44. The first kappa shape index (κ1) is 19.5. The number of amidine groups is 1. The molecule has 0 radical (unpaired) electrons. The molecule has 0 unspecified atom stereocenters. The lowest BCUT2D eigenvalue weighted by atomic mass is 9.99. The number of hydrogen-bond donors (Lipinski definition) is 0. The van der Waals surface area contributed by atoms with Crippen LogP contribution in [0.2, 0.25) is 0 Å². The van der Waals surface area contributed by atoms with Gasteiger partial charge in [-0.1, -0.05) is 29.8 Å². The molecule has 0 bridgehead atoms. The molecule has 1 aliphatic rings. The van der Waals surface area contributed by atoms with Crippen LogP contribution in [0.25, 0.3) is 0 Å². The van der Waals surface area contributed by atoms with E-state index in [2.05, 4.69) is 16.5 Å². The molecule has 1 rings (SSSR count). The maximum Gasteiger partial charge on any atom is 0.264 e. The summed E-state index contributed by atoms with van der Waals surface area (Å²) in [7, 11) is -3.42. The Morgan fingerprint density at radius 1 is 1.45 bits per heavy atom. The fourth-order valence-corrected chi connectivity index (χ4v) is 3.00. The minimum Gasteiger partial charge on any atom is -0.353 e. The average Bonchev–Trinajstić information content (AvgIpc) is 2.36. The van der Waals surface area contributed by atoms with Gasteiger partial charge in [0.05, 0.1) is 12.9 Å². The molecule has 0 N–H and O–H groups in total. The number of likely N-dealkylation sites (tertiary alicyclic amines) is 1. The summed E-state index contributed by atoms with van der Waals surface area (Å²) < 4.78 is 27.0. The zero-order chi connectivity index (χ0) is 16.8. The van der Waals surface area contributed by atoms with Crippen LogP contribution in [0.4, 0.5) is 0 Å². The highest BCUT2D eigenvalue weighted by molar-refractivity contribution is 7.85. The fraction of sp³-hybridized carbons (Fsp3) is 0.643. The standard InChI is InChI=1S/C14H22Cl2N2O3S/c1-11(15)10-14(17-12(2)16)18-8-5-4-6-13(18)7-9-21-22(3,19)20/h10,13H,2,4-9H2,1,3H3/b11-10+,17-14?/t13-/m0/s1. The van der Waals surface area contributed by atoms with Crippen LogP contribution in [0.5, 0.6) is 0 Å². The third kappa shape index (κ3) is 7.63. The summed E-state index contributed by atoms with van der Waals surface area (Å²) in [4.78, 5) is 6.33. The largest absolute Gasteiger partial charge is 0.353 e. The molecule has 0 spiro atoms. The minimum absolute atomic E-state index is 0.137. The van der Waals surface area contributed by atoms with Gasteiger partial charge in [0.2, 0.25) is 0 Å². The molecule has 0 amide bonds. The summed E-state index contributed by atoms with van der Waals surface area (Å²) in [6.45, 7) is 6.32. The minimum atomic E-state index is -3.42. The molecular weight excluding hydrogens is 347 g/mol. The Kier molecular flexibility index (Phi) is 7.89. The first-order valence-corrected chi connectivity index (χ1v) is 9.64. The summed E-state index contributed by atoms with van der Waals surface area (Å²) in [5.41, 5.74) is 0. The van der Waals surface area contributed by atoms with Crippen molar-refractivity contribution < 1.29 is 12.6 Å². The Balaban J connectivity index is 2.85. The number of nitrogens with zero attached hydrogens (tertiary/aromatic N) is 2. The van der Waals surface area contributed by atoms with Crippen molar-refractivity contribution in [3.8, 4) is 0 Å². The second kappa shape index (κ2) is 8.91. The molecule has 0 saturated carbocycles. The summed E-state index contributed by atoms with van der Waals surface area (Å²) in [5, 5.41) is 0.772. The summed E-state index contributed by atoms with van der Waals surface area (Å²) in [5.74, 6) is 0.650. The fourth-order valence-electron chi connectivity index (χ4n) is 2.42. The van der Waals surface area contributed by atoms with E-state index in [4.69, 9.17) is 27.4 Å². The van der Waals surface area contributed by atoms with Crippen LogP contribution in [0.3, 0.4) is 0 Å². The van der Waals surface area contributed by atoms with Gasteiger partial charge >= 0.3 is 0 Å². The van der Waals surface area contributed by atoms with E-state index in [0.29, 0.717) is 17.3 Å². The van der Waals surface area contributed by atoms with Gasteiger partial charge in [-0.05, 0) is 38.7 Å². The predicted molar refractivity (Wildman–Crippen MR) is 91.8 cm³/mol. The third-order valence-electron chi connectivity index (χ3n) is 3.23. The third-order valence-corrected chi connectivity index (χ3v) is 4.02. The monoisotopic (exact) mass is 368 g/mol. The molecule has 0 aromatic heterocycles. The van der Waals surface area contributed by atoms with E-state index in [-0.39, 0.29) is 17.8 Å². The first-order chi connectivity index (χ1) is 10.2. The smallest absolute Gasteiger partial charge is 0.264 e. The van der Waals surface area contributed by atoms with Crippen molar-refractivity contribution in [2.45, 2.75) is 38.6 Å². The van der Waals surface area contributed by atoms with Crippen LogP contribution in [-0.4, -0.2) is 44.6 Å². The van der Waals surface area contributed by atoms with Gasteiger partial charge in [-0.3, -0.25) is 4.18 Å². The second-order valence-corrected chi connectivity index (χ2v) is 7.91. The maximum atomic E-state index is 11.1. The molecule has 1 aliphatic heterocycles. The second-order valence-electron chi connectivity index (χ2n) is 5.24. The van der Waals surface area contributed by atoms with E-state index >= 15 is 0 Å². The zero-order valence-corrected chi connectivity index (χ0v) is 15.2. The SMILES string of the molecule is C=C(Cl)N=C(/C=C(\C)Cl)N1CCCC[C@H]1CCOS(C)(=O)=O. The highest BCUT2D eigenvalue weighted by Gasteiger charge is 2.25. The maximum absolute atomic E-state index is 11.1. The highest BCUT2D eigenvalue weighted by Crippen LogP contribution is 2.22. The van der Waals surface area contributed by atoms with Crippen molar-refractivity contribution >= 4 is 39.2 Å². The van der Waals surface area contributed by atoms with E-state index in [1.165, 1.54) is 0 Å². The van der Waals surface area contributed by atoms with Gasteiger partial charge in [0, 0.05) is 17.6 Å². The zero-order valence-electron chi connectivity index (χ0n) is 12.9. The number of allylic oxidation sites excluding steroid dienone is 1. The number of hydrogen-bond acceptors (Lipinski definition) is 4. The Morgan fingerprint density at radius 2 is 2.14 bits per heavy atom. The molecular formula is C14H22Cl2N2O3S. The lowest BCUT2D eigenvalue weighted by molar-refractivity contribution is 0.197. The summed E-state index contributed by atoms with van der Waals surface area (Å²) >= 11 is 11.8. The molecule has 5 nitrogen and oxygen atoms in total. The van der Waals surface area contributed by atoms with Crippen molar-refractivity contribution in [3.63, 3.8) is 0 Å². The number of aliphatic imine (C=N–C) groups is 1. The molecule has 1 heterocycles. The molecule has 8 heteroatoms. The number of halogens is 2. The number of rotatable bonds is 6. The van der Waals surface area contributed by atoms with Crippen LogP contribution < -0.4 is 0 Å². The lowest BCUT2D eigenvalue weighted by Gasteiger charge is -2.37. The molecule has 126 valence electrons. The van der Waals surface area contributed by atoms with Crippen molar-refractivity contribution in [3.05, 3.63) is 22.8 Å². The molecule has 22 heavy (non-hydrogen) atoms. The van der Waals surface area contributed by atoms with Crippen LogP contribution >= 0.6 is 23.2 Å². The molecule has 0 aromatic rings. The van der Waals surface area contributed by atoms with Gasteiger partial charge in [0.25, 0.3) is 10.1 Å². The number of piperidine rings is 1. The van der Waals surface area contributed by atoms with Gasteiger partial charge in [0.1, 0.15) is 11.0 Å². The highest BCUT2D eigenvalue weighted by atomic mass is 35.5. The summed E-state index contributed by atoms with van der Waals surface area (Å²) in [6, 6.07) is 0.137. The van der Waals surface area contributed by atoms with Gasteiger partial charge < -0.3 is 4.90 Å². The predicted octanol–water partition coefficient (Wildman–Crippen LogP) is 3.46. The van der Waals surface area contributed by atoms with Crippen LogP contribution in [0.1, 0.15) is 32.6 Å². The molecule has 0 aliphatic carbocycles. The van der Waals surface area contributed by atoms with Gasteiger partial charge in [-0.25, -0.2) is 4.99 Å². The van der Waals surface area contributed by atoms with E-state index < -0.39 is 10.1 Å². The Hall–Kier alpha value is -0.560. The van der Waals surface area contributed by atoms with Gasteiger partial charge in [-0.15, -0.1) is 0 Å². The molecule has 1 fully saturated rings. The Labute approximate surface area is 142 Å². The van der Waals surface area contributed by atoms with E-state index in [9.17, 15) is 8.42 Å². The van der Waals surface area contributed by atoms with Crippen LogP contribution in [-0.2, 0) is 14.3 Å². The van der Waals surface area contributed by atoms with E-state index in [1.807, 2.05) is 0 Å². The quantitative estimate of drug-likeness (QED) is 0.311.